The van der Waals surface area contributed by atoms with Gasteiger partial charge in [0.15, 0.2) is 5.66 Å². The van der Waals surface area contributed by atoms with E-state index in [1.807, 2.05) is 0 Å². The zero-order valence-corrected chi connectivity index (χ0v) is 6.60. The number of carbonyl (C=O) groups is 1. The normalized spacial score (nSPS) is 13.2. The summed E-state index contributed by atoms with van der Waals surface area (Å²) in [6.45, 7) is 2.45. The molecular formula is C6H13FN2O2. The summed E-state index contributed by atoms with van der Waals surface area (Å²) in [5.41, 5.74) is 6.53. The minimum absolute atomic E-state index is 0.407. The van der Waals surface area contributed by atoms with Gasteiger partial charge in [-0.3, -0.25) is 0 Å². The van der Waals surface area contributed by atoms with Crippen LogP contribution in [-0.4, -0.2) is 22.4 Å². The van der Waals surface area contributed by atoms with Crippen molar-refractivity contribution < 1.29 is 14.3 Å². The Hall–Kier alpha value is -0.680. The Bertz CT molecular complexity index is 162. The van der Waals surface area contributed by atoms with Crippen molar-refractivity contribution in [3.8, 4) is 0 Å². The van der Waals surface area contributed by atoms with Crippen molar-refractivity contribution in [1.29, 1.82) is 0 Å². The van der Waals surface area contributed by atoms with Crippen molar-refractivity contribution in [2.45, 2.75) is 31.6 Å². The maximum Gasteiger partial charge on any atom is 0.338 e. The molecule has 0 aromatic rings. The highest BCUT2D eigenvalue weighted by molar-refractivity contribution is 5.77. The Kier molecular flexibility index (Phi) is 2.58. The summed E-state index contributed by atoms with van der Waals surface area (Å²) in [6, 6.07) is 0. The lowest BCUT2D eigenvalue weighted by atomic mass is 9.97. The second-order valence-corrected chi connectivity index (χ2v) is 3.24. The van der Waals surface area contributed by atoms with Crippen LogP contribution in [0.3, 0.4) is 0 Å². The van der Waals surface area contributed by atoms with E-state index in [2.05, 4.69) is 0 Å². The van der Waals surface area contributed by atoms with Crippen LogP contribution in [0, 0.1) is 0 Å². The van der Waals surface area contributed by atoms with E-state index < -0.39 is 23.7 Å². The quantitative estimate of drug-likeness (QED) is 0.505. The largest absolute Gasteiger partial charge is 0.479 e. The molecule has 0 radical (unpaired) electrons. The lowest BCUT2D eigenvalue weighted by Gasteiger charge is -2.25. The highest BCUT2D eigenvalue weighted by atomic mass is 19.1. The number of carboxylic acid groups (broad SMARTS) is 1. The maximum absolute atomic E-state index is 12.8. The predicted molar refractivity (Wildman–Crippen MR) is 38.5 cm³/mol. The van der Waals surface area contributed by atoms with Crippen molar-refractivity contribution >= 4 is 5.97 Å². The van der Waals surface area contributed by atoms with Gasteiger partial charge in [0.25, 0.3) is 0 Å². The van der Waals surface area contributed by atoms with E-state index in [1.165, 1.54) is 13.8 Å². The van der Waals surface area contributed by atoms with Crippen LogP contribution >= 0.6 is 0 Å². The molecule has 66 valence electrons. The Balaban J connectivity index is 4.25. The van der Waals surface area contributed by atoms with Gasteiger partial charge >= 0.3 is 5.97 Å². The van der Waals surface area contributed by atoms with Crippen LogP contribution in [0.2, 0.25) is 0 Å². The van der Waals surface area contributed by atoms with E-state index in [1.54, 1.807) is 0 Å². The van der Waals surface area contributed by atoms with Gasteiger partial charge in [-0.05, 0) is 13.8 Å². The van der Waals surface area contributed by atoms with Gasteiger partial charge in [0.1, 0.15) is 5.67 Å². The number of hydrogen-bond donors (Lipinski definition) is 3. The van der Waals surface area contributed by atoms with Gasteiger partial charge in [0, 0.05) is 6.42 Å². The molecule has 4 nitrogen and oxygen atoms in total. The average Bonchev–Trinajstić information content (AvgIpc) is 1.56. The van der Waals surface area contributed by atoms with Crippen LogP contribution in [0.1, 0.15) is 20.3 Å². The summed E-state index contributed by atoms with van der Waals surface area (Å²) in [5, 5.41) is 8.39. The molecule has 0 unspecified atom stereocenters. The number of carboxylic acids is 1. The van der Waals surface area contributed by atoms with Crippen LogP contribution in [0.15, 0.2) is 0 Å². The third-order valence-corrected chi connectivity index (χ3v) is 1.11. The summed E-state index contributed by atoms with van der Waals surface area (Å²) >= 11 is 0. The van der Waals surface area contributed by atoms with Gasteiger partial charge in [-0.1, -0.05) is 0 Å². The first-order chi connectivity index (χ1) is 4.65. The Morgan fingerprint density at radius 2 is 1.91 bits per heavy atom. The molecule has 11 heavy (non-hydrogen) atoms. The van der Waals surface area contributed by atoms with E-state index >= 15 is 0 Å². The second-order valence-electron chi connectivity index (χ2n) is 3.24. The molecule has 0 atom stereocenters. The van der Waals surface area contributed by atoms with Crippen molar-refractivity contribution in [2.75, 3.05) is 0 Å². The van der Waals surface area contributed by atoms with E-state index in [4.69, 9.17) is 16.6 Å². The molecule has 0 fully saturated rings. The lowest BCUT2D eigenvalue weighted by molar-refractivity contribution is -0.144. The molecule has 0 aliphatic heterocycles. The number of rotatable bonds is 3. The Labute approximate surface area is 64.4 Å². The molecule has 0 heterocycles. The van der Waals surface area contributed by atoms with Gasteiger partial charge in [-0.15, -0.1) is 0 Å². The van der Waals surface area contributed by atoms with Crippen LogP contribution in [0.5, 0.6) is 0 Å². The van der Waals surface area contributed by atoms with E-state index in [0.717, 1.165) is 0 Å². The van der Waals surface area contributed by atoms with Gasteiger partial charge in [-0.2, -0.15) is 0 Å². The number of hydrogen-bond acceptors (Lipinski definition) is 3. The van der Waals surface area contributed by atoms with Crippen LogP contribution in [0.4, 0.5) is 4.39 Å². The second kappa shape index (κ2) is 2.75. The Morgan fingerprint density at radius 1 is 1.55 bits per heavy atom. The van der Waals surface area contributed by atoms with Gasteiger partial charge < -0.3 is 16.6 Å². The minimum atomic E-state index is -1.97. The molecule has 5 N–H and O–H groups in total. The highest BCUT2D eigenvalue weighted by Gasteiger charge is 2.35. The first kappa shape index (κ1) is 10.3. The van der Waals surface area contributed by atoms with Gasteiger partial charge in [0.2, 0.25) is 0 Å². The van der Waals surface area contributed by atoms with Crippen molar-refractivity contribution in [2.24, 2.45) is 11.5 Å². The molecule has 0 rings (SSSR count). The van der Waals surface area contributed by atoms with Crippen molar-refractivity contribution in [3.05, 3.63) is 0 Å². The fraction of sp³-hybridized carbons (Fsp3) is 0.833. The van der Waals surface area contributed by atoms with E-state index in [0.29, 0.717) is 0 Å². The summed E-state index contributed by atoms with van der Waals surface area (Å²) in [6.07, 6.45) is -0.407. The summed E-state index contributed by atoms with van der Waals surface area (Å²) < 4.78 is 12.8. The summed E-state index contributed by atoms with van der Waals surface area (Å²) in [5.74, 6) is -1.40. The zero-order chi connectivity index (χ0) is 9.28. The third kappa shape index (κ3) is 3.90. The fourth-order valence-corrected chi connectivity index (χ4v) is 0.771. The molecule has 0 aromatic carbocycles. The lowest BCUT2D eigenvalue weighted by Crippen LogP contribution is -2.59. The molecule has 0 aliphatic carbocycles. The van der Waals surface area contributed by atoms with Crippen molar-refractivity contribution in [3.63, 3.8) is 0 Å². The molecule has 0 saturated carbocycles. The number of alkyl halides is 1. The monoisotopic (exact) mass is 164 g/mol. The Morgan fingerprint density at radius 3 is 2.00 bits per heavy atom. The summed E-state index contributed by atoms with van der Waals surface area (Å²) in [7, 11) is 0. The topological polar surface area (TPSA) is 89.3 Å². The van der Waals surface area contributed by atoms with Crippen LogP contribution < -0.4 is 11.5 Å². The molecule has 0 aliphatic rings. The summed E-state index contributed by atoms with van der Waals surface area (Å²) in [4.78, 5) is 10.3. The first-order valence-corrected chi connectivity index (χ1v) is 3.15. The number of aliphatic carboxylic acids is 1. The molecule has 0 aromatic heterocycles. The third-order valence-electron chi connectivity index (χ3n) is 1.11. The molecule has 0 saturated heterocycles. The van der Waals surface area contributed by atoms with E-state index in [9.17, 15) is 9.18 Å². The highest BCUT2D eigenvalue weighted by Crippen LogP contribution is 2.18. The molecule has 0 spiro atoms. The average molecular weight is 164 g/mol. The molecule has 5 heteroatoms. The first-order valence-electron chi connectivity index (χ1n) is 3.15. The molecular weight excluding hydrogens is 151 g/mol. The fourth-order valence-electron chi connectivity index (χ4n) is 0.771. The maximum atomic E-state index is 12.8. The number of halogens is 1. The SMILES string of the molecule is CC(C)(F)CC(N)(N)C(=O)O. The smallest absolute Gasteiger partial charge is 0.338 e. The molecule has 0 amide bonds. The zero-order valence-electron chi connectivity index (χ0n) is 6.60. The minimum Gasteiger partial charge on any atom is -0.479 e. The van der Waals surface area contributed by atoms with Crippen LogP contribution in [0.25, 0.3) is 0 Å². The standard InChI is InChI=1S/C6H13FN2O2/c1-5(2,7)3-6(8,9)4(10)11/h3,8-9H2,1-2H3,(H,10,11). The van der Waals surface area contributed by atoms with Crippen LogP contribution in [-0.2, 0) is 4.79 Å². The van der Waals surface area contributed by atoms with Gasteiger partial charge in [0.05, 0.1) is 0 Å². The van der Waals surface area contributed by atoms with Crippen molar-refractivity contribution in [1.82, 2.24) is 0 Å². The van der Waals surface area contributed by atoms with E-state index in [-0.39, 0.29) is 0 Å². The predicted octanol–water partition coefficient (Wildman–Crippen LogP) is -0.177. The number of nitrogens with two attached hydrogens (primary N) is 2. The molecule has 0 bridgehead atoms. The van der Waals surface area contributed by atoms with Gasteiger partial charge in [-0.25, -0.2) is 9.18 Å².